The van der Waals surface area contributed by atoms with E-state index in [4.69, 9.17) is 19.2 Å². The fraction of sp³-hybridized carbons (Fsp3) is 0.444. The second kappa shape index (κ2) is 14.2. The molecule has 0 N–H and O–H groups in total. The van der Waals surface area contributed by atoms with Crippen LogP contribution in [0.15, 0.2) is 41.7 Å². The lowest BCUT2D eigenvalue weighted by atomic mass is 10.2. The highest BCUT2D eigenvalue weighted by molar-refractivity contribution is 8.13. The van der Waals surface area contributed by atoms with Crippen molar-refractivity contribution in [1.82, 2.24) is 19.4 Å². The summed E-state index contributed by atoms with van der Waals surface area (Å²) >= 11 is 0. The molecule has 0 saturated heterocycles. The molecule has 1 aromatic carbocycles. The van der Waals surface area contributed by atoms with E-state index in [0.29, 0.717) is 38.9 Å². The van der Waals surface area contributed by atoms with Crippen molar-refractivity contribution in [3.05, 3.63) is 47.8 Å². The van der Waals surface area contributed by atoms with Crippen molar-refractivity contribution >= 4 is 39.6 Å². The van der Waals surface area contributed by atoms with Crippen molar-refractivity contribution in [2.45, 2.75) is 37.6 Å². The largest absolute Gasteiger partial charge is 0.508 e. The fourth-order valence-electron chi connectivity index (χ4n) is 3.59. The SMILES string of the molecule is C=[S@](Cc1nccc(OCC(C)(F)F)c1C)c1nc2ccccc2n1C(=O)N(C)CCOCCOC(=O)OCC. The molecule has 0 radical (unpaired) electrons. The van der Waals surface area contributed by atoms with Gasteiger partial charge in [0.05, 0.1) is 36.5 Å². The molecular formula is C27H34F2N4O6S. The van der Waals surface area contributed by atoms with E-state index in [1.807, 2.05) is 18.2 Å². The van der Waals surface area contributed by atoms with Crippen LogP contribution in [0.25, 0.3) is 11.0 Å². The molecule has 3 rings (SSSR count). The highest BCUT2D eigenvalue weighted by Gasteiger charge is 2.24. The quantitative estimate of drug-likeness (QED) is 0.156. The zero-order valence-electron chi connectivity index (χ0n) is 23.0. The number of imidazole rings is 1. The maximum absolute atomic E-state index is 13.6. The number of carbonyl (C=O) groups excluding carboxylic acids is 2. The molecule has 0 saturated carbocycles. The second-order valence-corrected chi connectivity index (χ2v) is 10.6. The highest BCUT2D eigenvalue weighted by atomic mass is 32.2. The lowest BCUT2D eigenvalue weighted by Gasteiger charge is -2.20. The third-order valence-corrected chi connectivity index (χ3v) is 7.05. The first-order chi connectivity index (χ1) is 19.0. The number of halogens is 2. The number of fused-ring (bicyclic) bond motifs is 1. The summed E-state index contributed by atoms with van der Waals surface area (Å²) in [5.41, 5.74) is 2.52. The van der Waals surface area contributed by atoms with Gasteiger partial charge >= 0.3 is 12.2 Å². The number of carbonyl (C=O) groups is 2. The molecule has 0 fully saturated rings. The molecular weight excluding hydrogens is 546 g/mol. The molecule has 2 heterocycles. The standard InChI is InChI=1S/C27H34F2N4O6S/c1-6-37-26(35)38-16-15-36-14-13-32(4)25(34)33-22-10-8-7-9-20(22)31-24(33)40(5)17-21-19(2)23(11-12-30-21)39-18-27(3,28)29/h7-12H,5-6,13-18H2,1-4H3/t40-/m1/s1. The second-order valence-electron chi connectivity index (χ2n) is 8.94. The first-order valence-corrected chi connectivity index (χ1v) is 14.1. The van der Waals surface area contributed by atoms with E-state index in [9.17, 15) is 18.4 Å². The number of ether oxygens (including phenoxy) is 4. The number of likely N-dealkylation sites (N-methyl/N-ethyl adjacent to an activating group) is 1. The van der Waals surface area contributed by atoms with E-state index in [2.05, 4.69) is 15.6 Å². The molecule has 0 aliphatic heterocycles. The Labute approximate surface area is 234 Å². The van der Waals surface area contributed by atoms with E-state index in [0.717, 1.165) is 6.92 Å². The van der Waals surface area contributed by atoms with Crippen molar-refractivity contribution in [2.75, 3.05) is 46.6 Å². The number of para-hydroxylation sites is 2. The summed E-state index contributed by atoms with van der Waals surface area (Å²) in [6.07, 6.45) is 0.746. The topological polar surface area (TPSA) is 105 Å². The molecule has 1 amide bonds. The average Bonchev–Trinajstić information content (AvgIpc) is 3.30. The van der Waals surface area contributed by atoms with E-state index in [-0.39, 0.29) is 39.0 Å². The number of alkyl halides is 2. The Kier molecular flexibility index (Phi) is 11.0. The molecule has 2 aromatic heterocycles. The minimum Gasteiger partial charge on any atom is -0.487 e. The normalized spacial score (nSPS) is 12.2. The molecule has 0 aliphatic rings. The van der Waals surface area contributed by atoms with Crippen molar-refractivity contribution < 1.29 is 37.3 Å². The summed E-state index contributed by atoms with van der Waals surface area (Å²) in [7, 11) is 0.824. The van der Waals surface area contributed by atoms with Crippen LogP contribution in [0.1, 0.15) is 25.1 Å². The first kappa shape index (κ1) is 31.0. The minimum absolute atomic E-state index is 0.0394. The minimum atomic E-state index is -2.97. The first-order valence-electron chi connectivity index (χ1n) is 12.6. The lowest BCUT2D eigenvalue weighted by Crippen LogP contribution is -2.34. The van der Waals surface area contributed by atoms with Gasteiger partial charge in [-0.2, -0.15) is 0 Å². The fourth-order valence-corrected chi connectivity index (χ4v) is 5.00. The van der Waals surface area contributed by atoms with Crippen LogP contribution in [0.5, 0.6) is 5.75 Å². The third kappa shape index (κ3) is 8.46. The number of rotatable bonds is 13. The number of benzene rings is 1. The summed E-state index contributed by atoms with van der Waals surface area (Å²) in [5.74, 6) is 1.96. The van der Waals surface area contributed by atoms with E-state index in [1.165, 1.54) is 15.7 Å². The van der Waals surface area contributed by atoms with Crippen molar-refractivity contribution in [3.63, 3.8) is 0 Å². The van der Waals surface area contributed by atoms with Gasteiger partial charge in [0, 0.05) is 38.0 Å². The molecule has 0 aliphatic carbocycles. The molecule has 0 spiro atoms. The Hall–Kier alpha value is -3.58. The summed E-state index contributed by atoms with van der Waals surface area (Å²) in [4.78, 5) is 35.4. The van der Waals surface area contributed by atoms with Gasteiger partial charge in [0.1, 0.15) is 12.4 Å². The van der Waals surface area contributed by atoms with Gasteiger partial charge in [-0.1, -0.05) is 18.0 Å². The summed E-state index contributed by atoms with van der Waals surface area (Å²) in [5, 5.41) is 0.467. The summed E-state index contributed by atoms with van der Waals surface area (Å²) in [6, 6.07) is 8.51. The number of hydrogen-bond donors (Lipinski definition) is 0. The molecule has 1 atom stereocenters. The zero-order chi connectivity index (χ0) is 29.3. The van der Waals surface area contributed by atoms with Crippen molar-refractivity contribution in [3.8, 4) is 5.75 Å². The van der Waals surface area contributed by atoms with Gasteiger partial charge in [-0.3, -0.25) is 4.98 Å². The van der Waals surface area contributed by atoms with E-state index < -0.39 is 29.2 Å². The predicted molar refractivity (Wildman–Crippen MR) is 149 cm³/mol. The van der Waals surface area contributed by atoms with Crippen LogP contribution in [-0.2, 0) is 20.0 Å². The van der Waals surface area contributed by atoms with E-state index >= 15 is 0 Å². The van der Waals surface area contributed by atoms with Gasteiger partial charge in [0.15, 0.2) is 11.8 Å². The van der Waals surface area contributed by atoms with Crippen molar-refractivity contribution in [2.24, 2.45) is 0 Å². The average molecular weight is 581 g/mol. The van der Waals surface area contributed by atoms with Gasteiger partial charge in [-0.25, -0.2) is 27.9 Å². The van der Waals surface area contributed by atoms with Crippen molar-refractivity contribution in [1.29, 1.82) is 0 Å². The smallest absolute Gasteiger partial charge is 0.487 e. The van der Waals surface area contributed by atoms with Crippen LogP contribution >= 0.6 is 10.5 Å². The van der Waals surface area contributed by atoms with Gasteiger partial charge < -0.3 is 23.8 Å². The van der Waals surface area contributed by atoms with Crippen LogP contribution in [0, 0.1) is 6.92 Å². The Balaban J connectivity index is 1.72. The Morgan fingerprint density at radius 1 is 1.15 bits per heavy atom. The Morgan fingerprint density at radius 3 is 2.62 bits per heavy atom. The third-order valence-electron chi connectivity index (χ3n) is 5.64. The maximum atomic E-state index is 13.6. The Morgan fingerprint density at radius 2 is 1.90 bits per heavy atom. The highest BCUT2D eigenvalue weighted by Crippen LogP contribution is 2.33. The number of pyridine rings is 1. The van der Waals surface area contributed by atoms with Crippen LogP contribution in [0.2, 0.25) is 0 Å². The number of aromatic nitrogens is 3. The number of hydrogen-bond acceptors (Lipinski definition) is 8. The molecule has 10 nitrogen and oxygen atoms in total. The molecule has 40 heavy (non-hydrogen) atoms. The summed E-state index contributed by atoms with van der Waals surface area (Å²) in [6.45, 7) is 4.41. The molecule has 3 aromatic rings. The maximum Gasteiger partial charge on any atom is 0.508 e. The predicted octanol–water partition coefficient (Wildman–Crippen LogP) is 5.12. The lowest BCUT2D eigenvalue weighted by molar-refractivity contribution is -0.0231. The van der Waals surface area contributed by atoms with E-state index in [1.54, 1.807) is 33.0 Å². The Bertz CT molecular complexity index is 1340. The molecule has 13 heteroatoms. The van der Waals surface area contributed by atoms with Gasteiger partial charge in [-0.15, -0.1) is 10.5 Å². The van der Waals surface area contributed by atoms with Gasteiger partial charge in [-0.05, 0) is 32.0 Å². The van der Waals surface area contributed by atoms with Crippen LogP contribution < -0.4 is 4.74 Å². The molecule has 0 bridgehead atoms. The summed E-state index contributed by atoms with van der Waals surface area (Å²) < 4.78 is 48.5. The van der Waals surface area contributed by atoms with Crippen LogP contribution in [0.4, 0.5) is 18.4 Å². The zero-order valence-corrected chi connectivity index (χ0v) is 23.8. The number of amides is 1. The van der Waals surface area contributed by atoms with Crippen LogP contribution in [0.3, 0.4) is 0 Å². The van der Waals surface area contributed by atoms with Gasteiger partial charge in [0.2, 0.25) is 0 Å². The monoisotopic (exact) mass is 580 g/mol. The van der Waals surface area contributed by atoms with Crippen LogP contribution in [-0.4, -0.2) is 90.0 Å². The van der Waals surface area contributed by atoms with Gasteiger partial charge in [0.25, 0.3) is 5.92 Å². The number of nitrogens with zero attached hydrogens (tertiary/aromatic N) is 4. The molecule has 218 valence electrons. The molecule has 0 unspecified atom stereocenters.